The lowest BCUT2D eigenvalue weighted by Gasteiger charge is -2.22. The summed E-state index contributed by atoms with van der Waals surface area (Å²) in [5.74, 6) is 1.02. The van der Waals surface area contributed by atoms with Crippen LogP contribution in [0.3, 0.4) is 0 Å². The molecule has 1 aromatic rings. The molecule has 0 aromatic heterocycles. The van der Waals surface area contributed by atoms with Gasteiger partial charge in [-0.2, -0.15) is 8.78 Å². The van der Waals surface area contributed by atoms with Crippen LogP contribution in [0.5, 0.6) is 5.75 Å². The number of ether oxygens (including phenoxy) is 1. The molecule has 0 spiro atoms. The molecule has 0 aliphatic carbocycles. The zero-order valence-electron chi connectivity index (χ0n) is 16.8. The average molecular weight is 511 g/mol. The van der Waals surface area contributed by atoms with E-state index in [2.05, 4.69) is 44.1 Å². The number of alkyl halides is 2. The first-order chi connectivity index (χ1) is 13.0. The number of likely N-dealkylation sites (N-methyl/N-ethyl adjacent to an activating group) is 1. The molecule has 1 heterocycles. The third-order valence-electron chi connectivity index (χ3n) is 4.59. The first kappa shape index (κ1) is 24.7. The zero-order chi connectivity index (χ0) is 19.6. The van der Waals surface area contributed by atoms with Gasteiger partial charge in [0.05, 0.1) is 12.2 Å². The van der Waals surface area contributed by atoms with Crippen molar-refractivity contribution in [2.75, 3.05) is 51.2 Å². The molecular weight excluding hydrogens is 479 g/mol. The van der Waals surface area contributed by atoms with Crippen LogP contribution in [0, 0.1) is 0 Å². The molecule has 28 heavy (non-hydrogen) atoms. The Balaban J connectivity index is 0.00000392. The Labute approximate surface area is 183 Å². The third kappa shape index (κ3) is 7.94. The van der Waals surface area contributed by atoms with Gasteiger partial charge in [-0.05, 0) is 39.1 Å². The summed E-state index contributed by atoms with van der Waals surface area (Å²) in [4.78, 5) is 8.92. The summed E-state index contributed by atoms with van der Waals surface area (Å²) in [5.41, 5.74) is 0.702. The van der Waals surface area contributed by atoms with Crippen LogP contribution in [-0.4, -0.2) is 69.8 Å². The van der Waals surface area contributed by atoms with Crippen LogP contribution >= 0.6 is 24.0 Å². The first-order valence-corrected chi connectivity index (χ1v) is 9.55. The second-order valence-electron chi connectivity index (χ2n) is 6.58. The number of nitrogens with one attached hydrogen (secondary N) is 2. The van der Waals surface area contributed by atoms with Crippen molar-refractivity contribution >= 4 is 35.6 Å². The fourth-order valence-corrected chi connectivity index (χ4v) is 3.01. The SMILES string of the molecule is CCNC(=NCCN(C)CC)NC1CCN(c2ccccc2OC(F)F)C1.I. The van der Waals surface area contributed by atoms with Gasteiger partial charge in [-0.1, -0.05) is 19.1 Å². The molecule has 0 bridgehead atoms. The molecule has 160 valence electrons. The lowest BCUT2D eigenvalue weighted by molar-refractivity contribution is -0.0495. The van der Waals surface area contributed by atoms with E-state index in [-0.39, 0.29) is 35.8 Å². The normalized spacial score (nSPS) is 17.0. The van der Waals surface area contributed by atoms with Crippen LogP contribution < -0.4 is 20.3 Å². The Hall–Kier alpha value is -1.36. The maximum absolute atomic E-state index is 12.6. The standard InChI is InChI=1S/C19H31F2N5O.HI/c1-4-22-19(23-11-13-25(3)5-2)24-15-10-12-26(14-15)16-8-6-7-9-17(16)27-18(20)21;/h6-9,15,18H,4-5,10-14H2,1-3H3,(H2,22,23,24);1H. The van der Waals surface area contributed by atoms with Gasteiger partial charge in [0.15, 0.2) is 5.96 Å². The zero-order valence-corrected chi connectivity index (χ0v) is 19.2. The molecule has 1 atom stereocenters. The van der Waals surface area contributed by atoms with Crippen molar-refractivity contribution in [1.29, 1.82) is 0 Å². The van der Waals surface area contributed by atoms with Crippen molar-refractivity contribution in [2.24, 2.45) is 4.99 Å². The molecule has 9 heteroatoms. The van der Waals surface area contributed by atoms with E-state index in [9.17, 15) is 8.78 Å². The quantitative estimate of drug-likeness (QED) is 0.304. The fourth-order valence-electron chi connectivity index (χ4n) is 3.01. The Bertz CT molecular complexity index is 605. The number of halogens is 3. The maximum Gasteiger partial charge on any atom is 0.387 e. The van der Waals surface area contributed by atoms with Crippen molar-refractivity contribution in [3.63, 3.8) is 0 Å². The van der Waals surface area contributed by atoms with Crippen molar-refractivity contribution in [2.45, 2.75) is 32.9 Å². The highest BCUT2D eigenvalue weighted by molar-refractivity contribution is 14.0. The average Bonchev–Trinajstić information content (AvgIpc) is 3.10. The molecule has 6 nitrogen and oxygen atoms in total. The monoisotopic (exact) mass is 511 g/mol. The number of anilines is 1. The van der Waals surface area contributed by atoms with E-state index in [4.69, 9.17) is 0 Å². The van der Waals surface area contributed by atoms with Crippen LogP contribution in [-0.2, 0) is 0 Å². The van der Waals surface area contributed by atoms with Gasteiger partial charge in [0.1, 0.15) is 5.75 Å². The molecular formula is C19H32F2IN5O. The molecule has 1 aliphatic rings. The number of hydrogen-bond acceptors (Lipinski definition) is 4. The van der Waals surface area contributed by atoms with Crippen LogP contribution in [0.2, 0.25) is 0 Å². The lowest BCUT2D eigenvalue weighted by atomic mass is 10.2. The van der Waals surface area contributed by atoms with Crippen LogP contribution in [0.25, 0.3) is 0 Å². The summed E-state index contributed by atoms with van der Waals surface area (Å²) in [7, 11) is 2.07. The second-order valence-corrected chi connectivity index (χ2v) is 6.58. The first-order valence-electron chi connectivity index (χ1n) is 9.55. The number of guanidine groups is 1. The minimum Gasteiger partial charge on any atom is -0.433 e. The van der Waals surface area contributed by atoms with E-state index < -0.39 is 6.61 Å². The van der Waals surface area contributed by atoms with Crippen molar-refractivity contribution in [1.82, 2.24) is 15.5 Å². The van der Waals surface area contributed by atoms with Gasteiger partial charge in [-0.25, -0.2) is 0 Å². The largest absolute Gasteiger partial charge is 0.433 e. The second kappa shape index (κ2) is 13.0. The lowest BCUT2D eigenvalue weighted by Crippen LogP contribution is -2.45. The number of aliphatic imine (C=N–C) groups is 1. The molecule has 0 radical (unpaired) electrons. The number of rotatable bonds is 9. The maximum atomic E-state index is 12.6. The van der Waals surface area contributed by atoms with E-state index >= 15 is 0 Å². The smallest absolute Gasteiger partial charge is 0.387 e. The van der Waals surface area contributed by atoms with E-state index in [0.717, 1.165) is 45.1 Å². The minimum atomic E-state index is -2.82. The summed E-state index contributed by atoms with van der Waals surface area (Å²) in [6.45, 7) is 6.24. The van der Waals surface area contributed by atoms with Gasteiger partial charge in [0.25, 0.3) is 0 Å². The number of nitrogens with zero attached hydrogens (tertiary/aromatic N) is 3. The van der Waals surface area contributed by atoms with Gasteiger partial charge in [-0.15, -0.1) is 24.0 Å². The summed E-state index contributed by atoms with van der Waals surface area (Å²) in [6, 6.07) is 7.14. The van der Waals surface area contributed by atoms with Crippen molar-refractivity contribution in [3.05, 3.63) is 24.3 Å². The molecule has 1 saturated heterocycles. The van der Waals surface area contributed by atoms with Gasteiger partial charge >= 0.3 is 6.61 Å². The molecule has 2 N–H and O–H groups in total. The number of para-hydroxylation sites is 2. The topological polar surface area (TPSA) is 52.1 Å². The summed E-state index contributed by atoms with van der Waals surface area (Å²) < 4.78 is 29.9. The van der Waals surface area contributed by atoms with E-state index in [1.54, 1.807) is 12.1 Å². The van der Waals surface area contributed by atoms with Crippen LogP contribution in [0.15, 0.2) is 29.3 Å². The highest BCUT2D eigenvalue weighted by atomic mass is 127. The Morgan fingerprint density at radius 3 is 2.79 bits per heavy atom. The predicted molar refractivity (Wildman–Crippen MR) is 121 cm³/mol. The third-order valence-corrected chi connectivity index (χ3v) is 4.59. The van der Waals surface area contributed by atoms with E-state index in [1.165, 1.54) is 0 Å². The summed E-state index contributed by atoms with van der Waals surface area (Å²) in [5, 5.41) is 6.73. The summed E-state index contributed by atoms with van der Waals surface area (Å²) in [6.07, 6.45) is 0.905. The van der Waals surface area contributed by atoms with Gasteiger partial charge in [-0.3, -0.25) is 4.99 Å². The highest BCUT2D eigenvalue weighted by Gasteiger charge is 2.26. The minimum absolute atomic E-state index is 0. The van der Waals surface area contributed by atoms with Crippen molar-refractivity contribution in [3.8, 4) is 5.75 Å². The Morgan fingerprint density at radius 2 is 2.11 bits per heavy atom. The van der Waals surface area contributed by atoms with Crippen molar-refractivity contribution < 1.29 is 13.5 Å². The predicted octanol–water partition coefficient (Wildman–Crippen LogP) is 2.99. The fraction of sp³-hybridized carbons (Fsp3) is 0.632. The molecule has 1 fully saturated rings. The van der Waals surface area contributed by atoms with Crippen LogP contribution in [0.4, 0.5) is 14.5 Å². The van der Waals surface area contributed by atoms with Crippen LogP contribution in [0.1, 0.15) is 20.3 Å². The summed E-state index contributed by atoms with van der Waals surface area (Å²) >= 11 is 0. The molecule has 1 unspecified atom stereocenters. The molecule has 0 saturated carbocycles. The van der Waals surface area contributed by atoms with Gasteiger partial charge in [0, 0.05) is 32.2 Å². The Morgan fingerprint density at radius 1 is 1.36 bits per heavy atom. The highest BCUT2D eigenvalue weighted by Crippen LogP contribution is 2.31. The van der Waals surface area contributed by atoms with E-state index in [0.29, 0.717) is 12.2 Å². The molecule has 1 aromatic carbocycles. The van der Waals surface area contributed by atoms with Gasteiger partial charge in [0.2, 0.25) is 0 Å². The number of hydrogen-bond donors (Lipinski definition) is 2. The number of benzene rings is 1. The molecule has 2 rings (SSSR count). The Kier molecular flexibility index (Phi) is 11.4. The molecule has 1 aliphatic heterocycles. The van der Waals surface area contributed by atoms with E-state index in [1.807, 2.05) is 19.1 Å². The van der Waals surface area contributed by atoms with Gasteiger partial charge < -0.3 is 25.2 Å². The molecule has 0 amide bonds.